The molecule has 1 radical (unpaired) electrons. The highest BCUT2D eigenvalue weighted by molar-refractivity contribution is 7.54. The third kappa shape index (κ3) is 34.5. The van der Waals surface area contributed by atoms with Gasteiger partial charge in [0, 0.05) is 0 Å². The molecule has 0 aromatic heterocycles. The standard InChI is InChI=1S/C7H15.Al.3ClH/c1-3-5-7-6-4-2;;;;/h1,3-7H2,2H3;;3*1H/q;+3;;;/p-3. The molecule has 0 saturated heterocycles. The van der Waals surface area contributed by atoms with Gasteiger partial charge < -0.3 is 0 Å². The van der Waals surface area contributed by atoms with Crippen LogP contribution in [0.5, 0.6) is 0 Å². The molecule has 0 aliphatic carbocycles. The minimum Gasteiger partial charge on any atom is -0.214 e. The van der Waals surface area contributed by atoms with E-state index in [1.54, 1.807) is 0 Å². The molecule has 0 fully saturated rings. The highest BCUT2D eigenvalue weighted by Crippen LogP contribution is 1.99. The average molecular weight is 233 g/mol. The summed E-state index contributed by atoms with van der Waals surface area (Å²) >= 11 is -1.72. The predicted octanol–water partition coefficient (Wildman–Crippen LogP) is 4.48. The molecule has 0 spiro atoms. The Labute approximate surface area is 87.2 Å². The third-order valence-corrected chi connectivity index (χ3v) is 1.10. The van der Waals surface area contributed by atoms with Crippen molar-refractivity contribution in [2.45, 2.75) is 39.0 Å². The molecule has 67 valence electrons. The molecular weight excluding hydrogens is 217 g/mol. The highest BCUT2D eigenvalue weighted by Gasteiger charge is 2.00. The molecule has 0 heterocycles. The van der Waals surface area contributed by atoms with Crippen molar-refractivity contribution in [2.24, 2.45) is 0 Å². The first-order valence-corrected chi connectivity index (χ1v) is 9.10. The molecular formula is C7H15AlCl3. The summed E-state index contributed by atoms with van der Waals surface area (Å²) in [4.78, 5) is 0. The maximum Gasteiger partial charge on any atom is 0.643 e. The topological polar surface area (TPSA) is 0 Å². The summed E-state index contributed by atoms with van der Waals surface area (Å²) in [6.07, 6.45) is 6.52. The zero-order chi connectivity index (χ0) is 9.11. The lowest BCUT2D eigenvalue weighted by Gasteiger charge is -1.90. The first kappa shape index (κ1) is 14.9. The lowest BCUT2D eigenvalue weighted by molar-refractivity contribution is 0.673. The van der Waals surface area contributed by atoms with Crippen molar-refractivity contribution in [3.63, 3.8) is 0 Å². The molecule has 0 amide bonds. The van der Waals surface area contributed by atoms with E-state index in [0.717, 1.165) is 6.42 Å². The molecule has 4 heteroatoms. The zero-order valence-electron chi connectivity index (χ0n) is 6.95. The smallest absolute Gasteiger partial charge is 0.214 e. The van der Waals surface area contributed by atoms with E-state index >= 15 is 0 Å². The van der Waals surface area contributed by atoms with Gasteiger partial charge in [-0.15, -0.1) is 0 Å². The van der Waals surface area contributed by atoms with Crippen LogP contribution in [-0.2, 0) is 0 Å². The second kappa shape index (κ2) is 14.0. The Hall–Kier alpha value is 1.40. The van der Waals surface area contributed by atoms with Crippen molar-refractivity contribution in [3.05, 3.63) is 6.92 Å². The molecule has 0 aliphatic rings. The van der Waals surface area contributed by atoms with Crippen molar-refractivity contribution in [3.8, 4) is 0 Å². The number of rotatable bonds is 4. The van der Waals surface area contributed by atoms with Crippen LogP contribution in [0.25, 0.3) is 0 Å². The quantitative estimate of drug-likeness (QED) is 0.495. The summed E-state index contributed by atoms with van der Waals surface area (Å²) in [7, 11) is 14.8. The lowest BCUT2D eigenvalue weighted by atomic mass is 10.2. The van der Waals surface area contributed by atoms with Gasteiger partial charge in [-0.25, -0.2) is 30.1 Å². The minimum absolute atomic E-state index is 1.11. The Kier molecular flexibility index (Phi) is 18.9. The van der Waals surface area contributed by atoms with Crippen molar-refractivity contribution >= 4 is 41.5 Å². The summed E-state index contributed by atoms with van der Waals surface area (Å²) in [5.74, 6) is 0. The van der Waals surface area contributed by atoms with Crippen LogP contribution >= 0.6 is 30.1 Å². The van der Waals surface area contributed by atoms with E-state index in [2.05, 4.69) is 13.8 Å². The first-order valence-electron chi connectivity index (χ1n) is 3.86. The largest absolute Gasteiger partial charge is 0.643 e. The Morgan fingerprint density at radius 3 is 1.82 bits per heavy atom. The number of unbranched alkanes of at least 4 members (excludes halogenated alkanes) is 4. The molecule has 0 N–H and O–H groups in total. The highest BCUT2D eigenvalue weighted by atomic mass is 35.8. The fraction of sp³-hybridized carbons (Fsp3) is 0.857. The van der Waals surface area contributed by atoms with Gasteiger partial charge in [-0.2, -0.15) is 0 Å². The molecule has 0 nitrogen and oxygen atoms in total. The molecule has 11 heavy (non-hydrogen) atoms. The maximum absolute atomic E-state index is 4.94. The van der Waals surface area contributed by atoms with Crippen LogP contribution in [0.15, 0.2) is 0 Å². The molecule has 0 aromatic carbocycles. The van der Waals surface area contributed by atoms with Gasteiger partial charge in [0.15, 0.2) is 0 Å². The summed E-state index contributed by atoms with van der Waals surface area (Å²) in [5, 5.41) is 0. The van der Waals surface area contributed by atoms with Crippen LogP contribution in [0.3, 0.4) is 0 Å². The molecule has 0 bridgehead atoms. The molecule has 0 saturated carbocycles. The Balaban J connectivity index is 0. The fourth-order valence-corrected chi connectivity index (χ4v) is 0.604. The Morgan fingerprint density at radius 2 is 1.55 bits per heavy atom. The predicted molar refractivity (Wildman–Crippen MR) is 57.4 cm³/mol. The van der Waals surface area contributed by atoms with Crippen molar-refractivity contribution in [1.82, 2.24) is 0 Å². The van der Waals surface area contributed by atoms with Gasteiger partial charge in [0.1, 0.15) is 0 Å². The van der Waals surface area contributed by atoms with Crippen molar-refractivity contribution < 1.29 is 0 Å². The zero-order valence-corrected chi connectivity index (χ0v) is 10.4. The monoisotopic (exact) mass is 231 g/mol. The van der Waals surface area contributed by atoms with Gasteiger partial charge in [0.05, 0.1) is 0 Å². The number of hydrogen-bond donors (Lipinski definition) is 0. The first-order chi connectivity index (χ1) is 5.15. The van der Waals surface area contributed by atoms with Gasteiger partial charge >= 0.3 is 11.4 Å². The second-order valence-electron chi connectivity index (χ2n) is 2.16. The van der Waals surface area contributed by atoms with E-state index in [9.17, 15) is 0 Å². The Morgan fingerprint density at radius 1 is 1.09 bits per heavy atom. The van der Waals surface area contributed by atoms with Crippen molar-refractivity contribution in [1.29, 1.82) is 0 Å². The summed E-state index contributed by atoms with van der Waals surface area (Å²) < 4.78 is 0. The van der Waals surface area contributed by atoms with E-state index in [1.807, 2.05) is 0 Å². The molecule has 0 aliphatic heterocycles. The summed E-state index contributed by atoms with van der Waals surface area (Å²) in [5.41, 5.74) is 0. The van der Waals surface area contributed by atoms with E-state index in [1.165, 1.54) is 25.7 Å². The number of halogens is 3. The van der Waals surface area contributed by atoms with Gasteiger partial charge in [-0.1, -0.05) is 46.0 Å². The molecule has 0 unspecified atom stereocenters. The fourth-order valence-electron chi connectivity index (χ4n) is 0.604. The SMILES string of the molecule is [CH2]CCCCCC.[Cl][Al]([Cl])[Cl]. The molecule has 0 aromatic rings. The van der Waals surface area contributed by atoms with Crippen molar-refractivity contribution in [2.75, 3.05) is 0 Å². The average Bonchev–Trinajstić information content (AvgIpc) is 1.88. The minimum atomic E-state index is -1.72. The summed E-state index contributed by atoms with van der Waals surface area (Å²) in [6.45, 7) is 5.98. The van der Waals surface area contributed by atoms with Crippen LogP contribution in [0.1, 0.15) is 39.0 Å². The van der Waals surface area contributed by atoms with Crippen LogP contribution in [0, 0.1) is 6.92 Å². The second-order valence-corrected chi connectivity index (χ2v) is 8.59. The molecule has 0 rings (SSSR count). The van der Waals surface area contributed by atoms with Crippen LogP contribution in [-0.4, -0.2) is 11.4 Å². The van der Waals surface area contributed by atoms with Gasteiger partial charge in [-0.3, -0.25) is 0 Å². The van der Waals surface area contributed by atoms with Crippen LogP contribution in [0.4, 0.5) is 0 Å². The van der Waals surface area contributed by atoms with Gasteiger partial charge in [0.2, 0.25) is 0 Å². The van der Waals surface area contributed by atoms with Crippen LogP contribution in [0.2, 0.25) is 0 Å². The van der Waals surface area contributed by atoms with Crippen LogP contribution < -0.4 is 0 Å². The summed E-state index contributed by atoms with van der Waals surface area (Å²) in [6, 6.07) is 0. The van der Waals surface area contributed by atoms with E-state index < -0.39 is 11.4 Å². The maximum atomic E-state index is 4.94. The number of hydrogen-bond acceptors (Lipinski definition) is 0. The molecule has 0 atom stereocenters. The van der Waals surface area contributed by atoms with E-state index in [-0.39, 0.29) is 0 Å². The van der Waals surface area contributed by atoms with E-state index in [0.29, 0.717) is 0 Å². The Bertz CT molecular complexity index is 52.9. The van der Waals surface area contributed by atoms with Gasteiger partial charge in [0.25, 0.3) is 0 Å². The third-order valence-electron chi connectivity index (χ3n) is 1.10. The normalized spacial score (nSPS) is 8.45. The van der Waals surface area contributed by atoms with Gasteiger partial charge in [-0.05, 0) is 0 Å². The lowest BCUT2D eigenvalue weighted by Crippen LogP contribution is -1.71. The van der Waals surface area contributed by atoms with E-state index in [4.69, 9.17) is 30.1 Å².